The fourth-order valence-corrected chi connectivity index (χ4v) is 0.680. The van der Waals surface area contributed by atoms with Crippen LogP contribution in [0.5, 0.6) is 0 Å². The molecular formula is C14H25O2SiZr. The first kappa shape index (κ1) is 26.5. The van der Waals surface area contributed by atoms with E-state index in [1.165, 1.54) is 0 Å². The van der Waals surface area contributed by atoms with E-state index in [1.54, 1.807) is 0 Å². The van der Waals surface area contributed by atoms with E-state index < -0.39 is 0 Å². The van der Waals surface area contributed by atoms with Gasteiger partial charge in [0.15, 0.2) is 0 Å². The molecule has 0 fully saturated rings. The van der Waals surface area contributed by atoms with Crippen LogP contribution in [0.25, 0.3) is 0 Å². The predicted molar refractivity (Wildman–Crippen MR) is 78.3 cm³/mol. The van der Waals surface area contributed by atoms with Crippen molar-refractivity contribution in [2.75, 3.05) is 14.2 Å². The topological polar surface area (TPSA) is 40.5 Å². The maximum Gasteiger partial charge on any atom is 2.00 e. The van der Waals surface area contributed by atoms with Crippen LogP contribution in [0, 0.1) is 12.2 Å². The van der Waals surface area contributed by atoms with E-state index >= 15 is 0 Å². The summed E-state index contributed by atoms with van der Waals surface area (Å²) in [5.74, 6) is 0. The SMILES string of the molecule is CO.CO.C[SiH]C.[C-]1=CC=CC1.[C-]1=CC=CC1.[Zr+2]. The molecule has 18 heavy (non-hydrogen) atoms. The molecule has 0 bridgehead atoms. The fraction of sp³-hybridized carbons (Fsp3) is 0.429. The molecule has 2 aliphatic carbocycles. The summed E-state index contributed by atoms with van der Waals surface area (Å²) in [6.07, 6.45) is 20.0. The van der Waals surface area contributed by atoms with Gasteiger partial charge in [-0.05, 0) is 0 Å². The van der Waals surface area contributed by atoms with Crippen LogP contribution < -0.4 is 0 Å². The second-order valence-electron chi connectivity index (χ2n) is 2.58. The molecule has 0 spiro atoms. The molecule has 0 saturated carbocycles. The van der Waals surface area contributed by atoms with E-state index in [0.717, 1.165) is 36.6 Å². The normalized spacial score (nSPS) is 11.4. The Balaban J connectivity index is -0.0000000719. The van der Waals surface area contributed by atoms with Crippen LogP contribution in [0.2, 0.25) is 13.1 Å². The summed E-state index contributed by atoms with van der Waals surface area (Å²) in [7, 11) is 2.75. The molecule has 0 aliphatic heterocycles. The second-order valence-corrected chi connectivity index (χ2v) is 3.74. The van der Waals surface area contributed by atoms with Gasteiger partial charge in [-0.2, -0.15) is 12.2 Å². The van der Waals surface area contributed by atoms with Gasteiger partial charge in [0.05, 0.1) is 0 Å². The Kier molecular flexibility index (Phi) is 53.0. The van der Waals surface area contributed by atoms with Crippen LogP contribution >= 0.6 is 0 Å². The Morgan fingerprint density at radius 1 is 0.833 bits per heavy atom. The van der Waals surface area contributed by atoms with E-state index in [0.29, 0.717) is 0 Å². The van der Waals surface area contributed by atoms with Crippen LogP contribution in [-0.4, -0.2) is 34.0 Å². The maximum absolute atomic E-state index is 7.00. The van der Waals surface area contributed by atoms with Gasteiger partial charge in [0.25, 0.3) is 0 Å². The van der Waals surface area contributed by atoms with Gasteiger partial charge in [-0.25, -0.2) is 24.3 Å². The monoisotopic (exact) mass is 343 g/mol. The van der Waals surface area contributed by atoms with Crippen molar-refractivity contribution >= 4 is 9.52 Å². The summed E-state index contributed by atoms with van der Waals surface area (Å²) < 4.78 is 0. The van der Waals surface area contributed by atoms with Crippen LogP contribution in [-0.2, 0) is 26.2 Å². The van der Waals surface area contributed by atoms with E-state index in [9.17, 15) is 0 Å². The molecule has 0 unspecified atom stereocenters. The van der Waals surface area contributed by atoms with Crippen molar-refractivity contribution in [3.63, 3.8) is 0 Å². The largest absolute Gasteiger partial charge is 2.00 e. The summed E-state index contributed by atoms with van der Waals surface area (Å²) in [6.45, 7) is 4.42. The molecule has 0 aromatic heterocycles. The summed E-state index contributed by atoms with van der Waals surface area (Å²) in [5.41, 5.74) is 0. The average molecular weight is 345 g/mol. The molecule has 0 aromatic rings. The first-order chi connectivity index (χ1) is 8.41. The van der Waals surface area contributed by atoms with Crippen molar-refractivity contribution in [1.29, 1.82) is 0 Å². The van der Waals surface area contributed by atoms with Crippen molar-refractivity contribution in [3.8, 4) is 0 Å². The quantitative estimate of drug-likeness (QED) is 0.523. The molecule has 0 amide bonds. The zero-order chi connectivity index (χ0) is 13.8. The minimum Gasteiger partial charge on any atom is -0.400 e. The molecule has 4 heteroatoms. The maximum atomic E-state index is 7.00. The minimum atomic E-state index is 0. The van der Waals surface area contributed by atoms with Gasteiger partial charge < -0.3 is 10.2 Å². The van der Waals surface area contributed by atoms with Crippen molar-refractivity contribution in [2.24, 2.45) is 0 Å². The average Bonchev–Trinajstić information content (AvgIpc) is 3.13. The van der Waals surface area contributed by atoms with Crippen LogP contribution in [0.1, 0.15) is 12.8 Å². The molecule has 2 nitrogen and oxygen atoms in total. The number of allylic oxidation sites excluding steroid dienone is 8. The smallest absolute Gasteiger partial charge is 0.400 e. The third-order valence-corrected chi connectivity index (χ3v) is 1.17. The second kappa shape index (κ2) is 36.0. The summed E-state index contributed by atoms with van der Waals surface area (Å²) in [5, 5.41) is 14.0. The molecule has 0 aromatic carbocycles. The molecule has 101 valence electrons. The van der Waals surface area contributed by atoms with E-state index in [4.69, 9.17) is 10.2 Å². The van der Waals surface area contributed by atoms with Gasteiger partial charge in [-0.15, -0.1) is 12.8 Å². The van der Waals surface area contributed by atoms with Gasteiger partial charge >= 0.3 is 26.2 Å². The number of aliphatic hydroxyl groups is 2. The molecular weight excluding hydrogens is 319 g/mol. The third kappa shape index (κ3) is 36.0. The third-order valence-electron chi connectivity index (χ3n) is 1.17. The standard InChI is InChI=1S/2C5H5.C2H7Si.2CH4O.Zr/c2*1-2-4-5-3-1;1-3-2;2*1-2;/h2*1-3H,4H2;3H,1-2H3;2*2H,1H3;/q2*-1;;;;+2. The number of hydrogen-bond donors (Lipinski definition) is 2. The molecule has 2 rings (SSSR count). The summed E-state index contributed by atoms with van der Waals surface area (Å²) in [4.78, 5) is 0. The van der Waals surface area contributed by atoms with Crippen molar-refractivity contribution < 1.29 is 36.4 Å². The Morgan fingerprint density at radius 2 is 1.11 bits per heavy atom. The van der Waals surface area contributed by atoms with Gasteiger partial charge in [0.2, 0.25) is 0 Å². The first-order valence-electron chi connectivity index (χ1n) is 5.48. The number of aliphatic hydroxyl groups excluding tert-OH is 2. The van der Waals surface area contributed by atoms with Crippen molar-refractivity contribution in [3.05, 3.63) is 48.6 Å². The van der Waals surface area contributed by atoms with Crippen LogP contribution in [0.3, 0.4) is 0 Å². The zero-order valence-corrected chi connectivity index (χ0v) is 15.5. The van der Waals surface area contributed by atoms with Crippen molar-refractivity contribution in [2.45, 2.75) is 25.9 Å². The van der Waals surface area contributed by atoms with Gasteiger partial charge in [-0.1, -0.05) is 13.1 Å². The fourth-order valence-electron chi connectivity index (χ4n) is 0.680. The Bertz CT molecular complexity index is 170. The molecule has 0 atom stereocenters. The van der Waals surface area contributed by atoms with Crippen LogP contribution in [0.15, 0.2) is 36.5 Å². The van der Waals surface area contributed by atoms with Gasteiger partial charge in [0, 0.05) is 23.7 Å². The minimum absolute atomic E-state index is 0. The molecule has 0 heterocycles. The summed E-state index contributed by atoms with van der Waals surface area (Å²) >= 11 is 0. The van der Waals surface area contributed by atoms with E-state index in [2.05, 4.69) is 37.4 Å². The van der Waals surface area contributed by atoms with Gasteiger partial charge in [0.1, 0.15) is 0 Å². The molecule has 1 radical (unpaired) electrons. The van der Waals surface area contributed by atoms with Crippen molar-refractivity contribution in [1.82, 2.24) is 0 Å². The van der Waals surface area contributed by atoms with E-state index in [1.807, 2.05) is 24.3 Å². The molecule has 2 aliphatic rings. The first-order valence-corrected chi connectivity index (χ1v) is 7.79. The number of hydrogen-bond acceptors (Lipinski definition) is 2. The Morgan fingerprint density at radius 3 is 1.17 bits per heavy atom. The van der Waals surface area contributed by atoms with E-state index in [-0.39, 0.29) is 26.2 Å². The summed E-state index contributed by atoms with van der Waals surface area (Å²) in [6, 6.07) is 0. The molecule has 2 N–H and O–H groups in total. The Hall–Kier alpha value is -0.0200. The van der Waals surface area contributed by atoms with Gasteiger partial charge in [-0.3, -0.25) is 12.2 Å². The molecule has 0 saturated heterocycles. The number of rotatable bonds is 0. The predicted octanol–water partition coefficient (Wildman–Crippen LogP) is 2.34. The van der Waals surface area contributed by atoms with Crippen LogP contribution in [0.4, 0.5) is 0 Å². The zero-order valence-electron chi connectivity index (χ0n) is 11.9. The Labute approximate surface area is 134 Å².